The molecule has 0 radical (unpaired) electrons. The lowest BCUT2D eigenvalue weighted by atomic mass is 10.2. The molecule has 0 saturated carbocycles. The van der Waals surface area contributed by atoms with E-state index >= 15 is 0 Å². The Morgan fingerprint density at radius 3 is 2.13 bits per heavy atom. The van der Waals surface area contributed by atoms with Crippen molar-refractivity contribution < 1.29 is 9.47 Å². The summed E-state index contributed by atoms with van der Waals surface area (Å²) < 4.78 is 12.2. The highest BCUT2D eigenvalue weighted by atomic mass is 79.9. The molecule has 1 aromatic carbocycles. The van der Waals surface area contributed by atoms with Crippen LogP contribution < -0.4 is 9.47 Å². The minimum atomic E-state index is 0.701. The molecule has 0 N–H and O–H groups in total. The lowest BCUT2D eigenvalue weighted by Gasteiger charge is -2.09. The molecule has 0 saturated heterocycles. The number of methoxy groups -OCH3 is 2. The fourth-order valence-electron chi connectivity index (χ4n) is 1.10. The van der Waals surface area contributed by atoms with Gasteiger partial charge < -0.3 is 9.47 Å². The molecule has 0 aromatic heterocycles. The van der Waals surface area contributed by atoms with Crippen LogP contribution in [-0.4, -0.2) is 14.2 Å². The summed E-state index contributed by atoms with van der Waals surface area (Å²) >= 11 is 10.1. The molecule has 0 unspecified atom stereocenters. The Morgan fingerprint density at radius 1 is 1.13 bits per heavy atom. The fourth-order valence-corrected chi connectivity index (χ4v) is 2.03. The van der Waals surface area contributed by atoms with Gasteiger partial charge in [-0.25, -0.2) is 0 Å². The van der Waals surface area contributed by atoms with Gasteiger partial charge in [-0.3, -0.25) is 0 Å². The van der Waals surface area contributed by atoms with Gasteiger partial charge in [0, 0.05) is 4.47 Å². The summed E-state index contributed by atoms with van der Waals surface area (Å²) in [7, 11) is 3.22. The van der Waals surface area contributed by atoms with Crippen LogP contribution in [0.5, 0.6) is 11.5 Å². The normalized spacial score (nSPS) is 9.67. The van der Waals surface area contributed by atoms with E-state index in [1.807, 2.05) is 18.2 Å². The summed E-state index contributed by atoms with van der Waals surface area (Å²) in [5.41, 5.74) is 0.997. The van der Waals surface area contributed by atoms with Gasteiger partial charge in [-0.2, -0.15) is 0 Å². The zero-order valence-corrected chi connectivity index (χ0v) is 12.9. The average Bonchev–Trinajstić information content (AvgIpc) is 2.19. The summed E-state index contributed by atoms with van der Waals surface area (Å²) in [6.07, 6.45) is 1.92. The van der Waals surface area contributed by atoms with Gasteiger partial charge in [0.25, 0.3) is 0 Å². The molecule has 0 fully saturated rings. The second-order valence-electron chi connectivity index (χ2n) is 2.66. The zero-order chi connectivity index (χ0) is 11.4. The summed E-state index contributed by atoms with van der Waals surface area (Å²) in [6, 6.07) is 3.76. The molecule has 2 nitrogen and oxygen atoms in total. The van der Waals surface area contributed by atoms with Crippen LogP contribution in [0, 0.1) is 0 Å². The SMILES string of the molecule is COc1cc(Br)c(C=C(Br)Br)cc1OC. The van der Waals surface area contributed by atoms with Crippen LogP contribution in [0.2, 0.25) is 0 Å². The predicted molar refractivity (Wildman–Crippen MR) is 73.1 cm³/mol. The van der Waals surface area contributed by atoms with Crippen molar-refractivity contribution in [2.75, 3.05) is 14.2 Å². The van der Waals surface area contributed by atoms with Crippen molar-refractivity contribution in [1.82, 2.24) is 0 Å². The van der Waals surface area contributed by atoms with Crippen molar-refractivity contribution in [1.29, 1.82) is 0 Å². The first-order valence-corrected chi connectivity index (χ1v) is 6.40. The molecular weight excluding hydrogens is 392 g/mol. The van der Waals surface area contributed by atoms with Crippen LogP contribution in [0.3, 0.4) is 0 Å². The first kappa shape index (κ1) is 13.1. The van der Waals surface area contributed by atoms with Gasteiger partial charge in [0.15, 0.2) is 11.5 Å². The highest BCUT2D eigenvalue weighted by Crippen LogP contribution is 2.35. The average molecular weight is 401 g/mol. The molecule has 0 aliphatic heterocycles. The van der Waals surface area contributed by atoms with Crippen LogP contribution >= 0.6 is 47.8 Å². The van der Waals surface area contributed by atoms with E-state index in [2.05, 4.69) is 47.8 Å². The number of halogens is 3. The Bertz CT molecular complexity index is 384. The number of hydrogen-bond donors (Lipinski definition) is 0. The number of hydrogen-bond acceptors (Lipinski definition) is 2. The highest BCUT2D eigenvalue weighted by molar-refractivity contribution is 9.28. The van der Waals surface area contributed by atoms with Crippen molar-refractivity contribution in [2.24, 2.45) is 0 Å². The van der Waals surface area contributed by atoms with Gasteiger partial charge in [-0.05, 0) is 55.6 Å². The molecule has 0 heterocycles. The van der Waals surface area contributed by atoms with Crippen molar-refractivity contribution in [3.8, 4) is 11.5 Å². The Morgan fingerprint density at radius 2 is 1.67 bits per heavy atom. The maximum atomic E-state index is 5.21. The van der Waals surface area contributed by atoms with Crippen LogP contribution in [-0.2, 0) is 0 Å². The molecule has 5 heteroatoms. The Labute approximate surface area is 114 Å². The maximum absolute atomic E-state index is 5.21. The van der Waals surface area contributed by atoms with E-state index < -0.39 is 0 Å². The Balaban J connectivity index is 3.26. The molecule has 0 aliphatic carbocycles. The molecule has 1 aromatic rings. The Kier molecular flexibility index (Phi) is 5.15. The van der Waals surface area contributed by atoms with Crippen LogP contribution in [0.1, 0.15) is 5.56 Å². The molecule has 15 heavy (non-hydrogen) atoms. The van der Waals surface area contributed by atoms with E-state index in [4.69, 9.17) is 9.47 Å². The number of rotatable bonds is 3. The van der Waals surface area contributed by atoms with Gasteiger partial charge in [-0.15, -0.1) is 0 Å². The van der Waals surface area contributed by atoms with Gasteiger partial charge >= 0.3 is 0 Å². The van der Waals surface area contributed by atoms with E-state index in [0.29, 0.717) is 11.5 Å². The van der Waals surface area contributed by atoms with Gasteiger partial charge in [0.05, 0.1) is 17.6 Å². The monoisotopic (exact) mass is 398 g/mol. The van der Waals surface area contributed by atoms with E-state index in [0.717, 1.165) is 13.4 Å². The first-order chi connectivity index (χ1) is 7.08. The second-order valence-corrected chi connectivity index (χ2v) is 6.29. The third-order valence-electron chi connectivity index (χ3n) is 1.77. The third kappa shape index (κ3) is 3.50. The summed E-state index contributed by atoms with van der Waals surface area (Å²) in [4.78, 5) is 0. The maximum Gasteiger partial charge on any atom is 0.161 e. The summed E-state index contributed by atoms with van der Waals surface area (Å²) in [5.74, 6) is 1.40. The van der Waals surface area contributed by atoms with Crippen molar-refractivity contribution in [3.05, 3.63) is 25.6 Å². The van der Waals surface area contributed by atoms with E-state index in [1.165, 1.54) is 0 Å². The molecule has 1 rings (SSSR count). The van der Waals surface area contributed by atoms with Crippen molar-refractivity contribution in [3.63, 3.8) is 0 Å². The fraction of sp³-hybridized carbons (Fsp3) is 0.200. The molecule has 0 bridgehead atoms. The first-order valence-electron chi connectivity index (χ1n) is 4.02. The van der Waals surface area contributed by atoms with Crippen LogP contribution in [0.15, 0.2) is 20.0 Å². The third-order valence-corrected chi connectivity index (χ3v) is 2.91. The smallest absolute Gasteiger partial charge is 0.161 e. The molecule has 0 aliphatic rings. The van der Waals surface area contributed by atoms with Gasteiger partial charge in [-0.1, -0.05) is 15.9 Å². The standard InChI is InChI=1S/C10H9Br3O2/c1-14-8-3-6(4-10(12)13)7(11)5-9(8)15-2/h3-5H,1-2H3. The number of ether oxygens (including phenoxy) is 2. The minimum Gasteiger partial charge on any atom is -0.493 e. The second kappa shape index (κ2) is 5.92. The van der Waals surface area contributed by atoms with E-state index in [1.54, 1.807) is 14.2 Å². The Hall–Kier alpha value is -0.000000000000000167. The summed E-state index contributed by atoms with van der Waals surface area (Å²) in [5, 5.41) is 0. The highest BCUT2D eigenvalue weighted by Gasteiger charge is 2.07. The van der Waals surface area contributed by atoms with E-state index in [9.17, 15) is 0 Å². The van der Waals surface area contributed by atoms with Gasteiger partial charge in [0.1, 0.15) is 0 Å². The lowest BCUT2D eigenvalue weighted by molar-refractivity contribution is 0.354. The molecular formula is C10H9Br3O2. The molecule has 0 amide bonds. The van der Waals surface area contributed by atoms with Crippen molar-refractivity contribution in [2.45, 2.75) is 0 Å². The molecule has 0 spiro atoms. The zero-order valence-electron chi connectivity index (χ0n) is 8.18. The minimum absolute atomic E-state index is 0.701. The molecule has 82 valence electrons. The predicted octanol–water partition coefficient (Wildman–Crippen LogP) is 4.55. The molecule has 0 atom stereocenters. The summed E-state index contributed by atoms with van der Waals surface area (Å²) in [6.45, 7) is 0. The van der Waals surface area contributed by atoms with Crippen LogP contribution in [0.25, 0.3) is 6.08 Å². The number of benzene rings is 1. The van der Waals surface area contributed by atoms with Crippen molar-refractivity contribution >= 4 is 53.9 Å². The van der Waals surface area contributed by atoms with Gasteiger partial charge in [0.2, 0.25) is 0 Å². The van der Waals surface area contributed by atoms with Crippen LogP contribution in [0.4, 0.5) is 0 Å². The quantitative estimate of drug-likeness (QED) is 0.740. The lowest BCUT2D eigenvalue weighted by Crippen LogP contribution is -1.91. The van der Waals surface area contributed by atoms with E-state index in [-0.39, 0.29) is 0 Å². The topological polar surface area (TPSA) is 18.5 Å². The largest absolute Gasteiger partial charge is 0.493 e.